The van der Waals surface area contributed by atoms with Crippen LogP contribution in [-0.4, -0.2) is 31.3 Å². The summed E-state index contributed by atoms with van der Waals surface area (Å²) in [5.74, 6) is -0.441. The Morgan fingerprint density at radius 3 is 2.73 bits per heavy atom. The van der Waals surface area contributed by atoms with Crippen LogP contribution in [0.2, 0.25) is 0 Å². The van der Waals surface area contributed by atoms with Crippen molar-refractivity contribution in [3.05, 3.63) is 0 Å². The molecule has 1 amide bonds. The summed E-state index contributed by atoms with van der Waals surface area (Å²) in [6.07, 6.45) is -3.60. The molecule has 1 saturated heterocycles. The van der Waals surface area contributed by atoms with E-state index in [1.54, 1.807) is 5.48 Å². The van der Waals surface area contributed by atoms with Gasteiger partial charge in [0.15, 0.2) is 6.61 Å². The van der Waals surface area contributed by atoms with Crippen LogP contribution in [0.25, 0.3) is 0 Å². The van der Waals surface area contributed by atoms with E-state index in [9.17, 15) is 18.0 Å². The molecule has 0 aromatic rings. The van der Waals surface area contributed by atoms with Gasteiger partial charge in [-0.1, -0.05) is 6.92 Å². The average molecular weight is 226 g/mol. The second-order valence-electron chi connectivity index (χ2n) is 3.57. The molecule has 0 radical (unpaired) electrons. The first kappa shape index (κ1) is 12.3. The van der Waals surface area contributed by atoms with Crippen molar-refractivity contribution in [3.8, 4) is 0 Å². The third kappa shape index (κ3) is 4.05. The molecular weight excluding hydrogens is 213 g/mol. The molecule has 1 aliphatic heterocycles. The highest BCUT2D eigenvalue weighted by atomic mass is 19.4. The van der Waals surface area contributed by atoms with Gasteiger partial charge < -0.3 is 5.32 Å². The fourth-order valence-corrected chi connectivity index (χ4v) is 1.44. The number of hydrogen-bond donors (Lipinski definition) is 2. The van der Waals surface area contributed by atoms with Crippen LogP contribution < -0.4 is 10.8 Å². The van der Waals surface area contributed by atoms with Gasteiger partial charge in [0, 0.05) is 0 Å². The van der Waals surface area contributed by atoms with E-state index >= 15 is 0 Å². The van der Waals surface area contributed by atoms with E-state index in [2.05, 4.69) is 10.2 Å². The minimum absolute atomic E-state index is 0.111. The minimum atomic E-state index is -4.43. The Bertz CT molecular complexity index is 232. The van der Waals surface area contributed by atoms with Crippen LogP contribution in [0.1, 0.15) is 13.3 Å². The highest BCUT2D eigenvalue weighted by Gasteiger charge is 2.31. The summed E-state index contributed by atoms with van der Waals surface area (Å²) in [6, 6.07) is -0.460. The van der Waals surface area contributed by atoms with Gasteiger partial charge in [0.2, 0.25) is 0 Å². The second-order valence-corrected chi connectivity index (χ2v) is 3.57. The number of rotatable bonds is 3. The monoisotopic (exact) mass is 226 g/mol. The molecule has 0 spiro atoms. The van der Waals surface area contributed by atoms with Gasteiger partial charge in [-0.15, -0.1) is 0 Å². The number of hydroxylamine groups is 1. The molecule has 1 rings (SSSR count). The summed E-state index contributed by atoms with van der Waals surface area (Å²) >= 11 is 0. The molecule has 0 aromatic carbocycles. The van der Waals surface area contributed by atoms with Crippen molar-refractivity contribution in [2.24, 2.45) is 5.92 Å². The van der Waals surface area contributed by atoms with Crippen molar-refractivity contribution in [1.29, 1.82) is 0 Å². The smallest absolute Gasteiger partial charge is 0.306 e. The SMILES string of the molecule is CC1CCNC1C(=O)NOCC(F)(F)F. The van der Waals surface area contributed by atoms with E-state index < -0.39 is 24.7 Å². The van der Waals surface area contributed by atoms with Crippen molar-refractivity contribution in [2.75, 3.05) is 13.2 Å². The Labute approximate surface area is 85.1 Å². The maximum Gasteiger partial charge on any atom is 0.414 e. The van der Waals surface area contributed by atoms with E-state index in [-0.39, 0.29) is 5.92 Å². The Morgan fingerprint density at radius 2 is 2.27 bits per heavy atom. The lowest BCUT2D eigenvalue weighted by Gasteiger charge is -2.15. The van der Waals surface area contributed by atoms with Crippen LogP contribution in [-0.2, 0) is 9.63 Å². The van der Waals surface area contributed by atoms with Gasteiger partial charge in [-0.2, -0.15) is 13.2 Å². The van der Waals surface area contributed by atoms with Crippen LogP contribution in [0.15, 0.2) is 0 Å². The van der Waals surface area contributed by atoms with Crippen molar-refractivity contribution >= 4 is 5.91 Å². The largest absolute Gasteiger partial charge is 0.414 e. The van der Waals surface area contributed by atoms with E-state index in [1.807, 2.05) is 6.92 Å². The number of hydrogen-bond acceptors (Lipinski definition) is 3. The maximum absolute atomic E-state index is 11.7. The normalized spacial score (nSPS) is 26.7. The van der Waals surface area contributed by atoms with Crippen LogP contribution in [0.4, 0.5) is 13.2 Å². The first-order valence-corrected chi connectivity index (χ1v) is 4.62. The van der Waals surface area contributed by atoms with Crippen LogP contribution in [0.5, 0.6) is 0 Å². The lowest BCUT2D eigenvalue weighted by molar-refractivity contribution is -0.192. The molecule has 1 fully saturated rings. The van der Waals surface area contributed by atoms with Gasteiger partial charge in [0.05, 0.1) is 6.04 Å². The zero-order chi connectivity index (χ0) is 11.5. The Hall–Kier alpha value is -0.820. The lowest BCUT2D eigenvalue weighted by Crippen LogP contribution is -2.44. The number of alkyl halides is 3. The Balaban J connectivity index is 2.24. The molecule has 7 heteroatoms. The van der Waals surface area contributed by atoms with Crippen molar-refractivity contribution in [2.45, 2.75) is 25.6 Å². The first-order chi connectivity index (χ1) is 6.90. The third-order valence-electron chi connectivity index (χ3n) is 2.22. The summed E-state index contributed by atoms with van der Waals surface area (Å²) in [5, 5.41) is 2.88. The zero-order valence-electron chi connectivity index (χ0n) is 8.23. The predicted octanol–water partition coefficient (Wildman–Crippen LogP) is 0.594. The molecule has 88 valence electrons. The molecule has 2 N–H and O–H groups in total. The molecular formula is C8H13F3N2O2. The number of amides is 1. The quantitative estimate of drug-likeness (QED) is 0.693. The number of carbonyl (C=O) groups excluding carboxylic acids is 1. The van der Waals surface area contributed by atoms with Crippen LogP contribution >= 0.6 is 0 Å². The van der Waals surface area contributed by atoms with Crippen LogP contribution in [0.3, 0.4) is 0 Å². The molecule has 1 heterocycles. The Kier molecular flexibility index (Phi) is 3.92. The van der Waals surface area contributed by atoms with Gasteiger partial charge in [-0.3, -0.25) is 9.63 Å². The van der Waals surface area contributed by atoms with Gasteiger partial charge in [0.1, 0.15) is 0 Å². The molecule has 4 nitrogen and oxygen atoms in total. The molecule has 2 unspecified atom stereocenters. The summed E-state index contributed by atoms with van der Waals surface area (Å²) < 4.78 is 35.0. The van der Waals surface area contributed by atoms with Crippen molar-refractivity contribution < 1.29 is 22.8 Å². The molecule has 0 aliphatic carbocycles. The highest BCUT2D eigenvalue weighted by molar-refractivity contribution is 5.81. The average Bonchev–Trinajstić information content (AvgIpc) is 2.48. The highest BCUT2D eigenvalue weighted by Crippen LogP contribution is 2.15. The molecule has 1 aliphatic rings. The molecule has 0 aromatic heterocycles. The fourth-order valence-electron chi connectivity index (χ4n) is 1.44. The van der Waals surface area contributed by atoms with Crippen molar-refractivity contribution in [1.82, 2.24) is 10.8 Å². The van der Waals surface area contributed by atoms with Gasteiger partial charge in [-0.25, -0.2) is 5.48 Å². The summed E-state index contributed by atoms with van der Waals surface area (Å²) in [5.41, 5.74) is 1.79. The molecule has 2 atom stereocenters. The number of carbonyl (C=O) groups is 1. The topological polar surface area (TPSA) is 50.4 Å². The van der Waals surface area contributed by atoms with Gasteiger partial charge in [-0.05, 0) is 18.9 Å². The molecule has 0 saturated carbocycles. The maximum atomic E-state index is 11.7. The summed E-state index contributed by atoms with van der Waals surface area (Å²) in [6.45, 7) is 1.08. The van der Waals surface area contributed by atoms with E-state index in [1.165, 1.54) is 0 Å². The van der Waals surface area contributed by atoms with Crippen molar-refractivity contribution in [3.63, 3.8) is 0 Å². The van der Waals surface area contributed by atoms with Gasteiger partial charge >= 0.3 is 6.18 Å². The van der Waals surface area contributed by atoms with E-state index in [0.717, 1.165) is 6.42 Å². The lowest BCUT2D eigenvalue weighted by atomic mass is 10.0. The first-order valence-electron chi connectivity index (χ1n) is 4.62. The number of halogens is 3. The predicted molar refractivity (Wildman–Crippen MR) is 45.7 cm³/mol. The van der Waals surface area contributed by atoms with E-state index in [4.69, 9.17) is 0 Å². The fraction of sp³-hybridized carbons (Fsp3) is 0.875. The van der Waals surface area contributed by atoms with Gasteiger partial charge in [0.25, 0.3) is 5.91 Å². The van der Waals surface area contributed by atoms with E-state index in [0.29, 0.717) is 6.54 Å². The zero-order valence-corrected chi connectivity index (χ0v) is 8.23. The minimum Gasteiger partial charge on any atom is -0.306 e. The Morgan fingerprint density at radius 1 is 1.60 bits per heavy atom. The third-order valence-corrected chi connectivity index (χ3v) is 2.22. The number of nitrogens with one attached hydrogen (secondary N) is 2. The van der Waals surface area contributed by atoms with Crippen LogP contribution in [0, 0.1) is 5.92 Å². The summed E-state index contributed by atoms with van der Waals surface area (Å²) in [4.78, 5) is 15.3. The standard InChI is InChI=1S/C8H13F3N2O2/c1-5-2-3-12-6(5)7(14)13-15-4-8(9,10)11/h5-6,12H,2-4H2,1H3,(H,13,14). The second kappa shape index (κ2) is 4.80. The molecule has 0 bridgehead atoms. The molecule has 15 heavy (non-hydrogen) atoms. The summed E-state index contributed by atoms with van der Waals surface area (Å²) in [7, 11) is 0.